The minimum atomic E-state index is -1.51. The van der Waals surface area contributed by atoms with Gasteiger partial charge in [-0.05, 0) is 49.7 Å². The number of phenolic OH excluding ortho intramolecular Hbond substituents is 2. The van der Waals surface area contributed by atoms with Gasteiger partial charge < -0.3 is 73.7 Å². The van der Waals surface area contributed by atoms with E-state index in [1.807, 2.05) is 6.92 Å². The average Bonchev–Trinajstić information content (AvgIpc) is 3.50. The number of esters is 1. The second-order valence-corrected chi connectivity index (χ2v) is 15.8. The SMILES string of the molecule is C=C(C)CCOCC(O)OCC1OC(OC)C(NC(C)=O)C(OC2CC(O)C(OC)C(C(=O)Nc3ccc4c(c3)C(=O)OC43c4ccc(O)cc4Oc4cc(O)ccc43)O2)C1C. The van der Waals surface area contributed by atoms with E-state index < -0.39 is 84.7 Å². The number of methoxy groups -OCH3 is 2. The van der Waals surface area contributed by atoms with E-state index in [1.165, 1.54) is 51.5 Å². The highest BCUT2D eigenvalue weighted by atomic mass is 16.7. The van der Waals surface area contributed by atoms with Gasteiger partial charge in [0, 0.05) is 68.0 Å². The Balaban J connectivity index is 1.09. The zero-order valence-electron chi connectivity index (χ0n) is 34.9. The third-order valence-electron chi connectivity index (χ3n) is 11.3. The predicted octanol–water partition coefficient (Wildman–Crippen LogP) is 3.31. The van der Waals surface area contributed by atoms with E-state index in [9.17, 15) is 34.8 Å². The minimum Gasteiger partial charge on any atom is -0.508 e. The lowest BCUT2D eigenvalue weighted by Crippen LogP contribution is -2.64. The van der Waals surface area contributed by atoms with Crippen LogP contribution in [0.4, 0.5) is 5.69 Å². The van der Waals surface area contributed by atoms with Gasteiger partial charge in [-0.2, -0.15) is 0 Å². The number of fused-ring (bicyclic) bond motifs is 6. The Morgan fingerprint density at radius 3 is 2.26 bits per heavy atom. The summed E-state index contributed by atoms with van der Waals surface area (Å²) in [4.78, 5) is 40.2. The van der Waals surface area contributed by atoms with Crippen molar-refractivity contribution >= 4 is 23.5 Å². The lowest BCUT2D eigenvalue weighted by molar-refractivity contribution is -0.309. The lowest BCUT2D eigenvalue weighted by Gasteiger charge is -2.47. The summed E-state index contributed by atoms with van der Waals surface area (Å²) in [6, 6.07) is 12.6. The zero-order chi connectivity index (χ0) is 44.5. The molecule has 62 heavy (non-hydrogen) atoms. The molecule has 334 valence electrons. The van der Waals surface area contributed by atoms with Crippen molar-refractivity contribution in [3.8, 4) is 23.0 Å². The molecule has 7 rings (SSSR count). The molecule has 3 aromatic carbocycles. The van der Waals surface area contributed by atoms with Gasteiger partial charge in [-0.1, -0.05) is 18.6 Å². The van der Waals surface area contributed by atoms with Crippen molar-refractivity contribution in [1.29, 1.82) is 0 Å². The minimum absolute atomic E-state index is 0.0818. The van der Waals surface area contributed by atoms with Crippen molar-refractivity contribution in [2.24, 2.45) is 5.92 Å². The first kappa shape index (κ1) is 44.9. The average molecular weight is 865 g/mol. The maximum atomic E-state index is 14.1. The molecule has 10 atom stereocenters. The molecule has 1 spiro atoms. The standard InChI is InChI=1S/C44H52N2O16/c1-21(2)13-14-56-20-35(51)57-19-34-22(3)38(37(45-23(4)47)43(55-6)59-34)60-36-18-31(50)39(54-5)40(61-36)41(52)46-24-7-10-28-27(15-24)42(53)62-44(28)29-11-8-25(48)16-32(29)58-33-17-26(49)9-12-30(33)44/h7-12,15-17,22,31,34-40,43,48-51H,1,13-14,18-20H2,2-6H3,(H,45,47)(H,46,52). The molecule has 0 aromatic heterocycles. The molecule has 4 aliphatic heterocycles. The van der Waals surface area contributed by atoms with Crippen LogP contribution in [0.25, 0.3) is 0 Å². The van der Waals surface area contributed by atoms with E-state index in [0.29, 0.717) is 29.7 Å². The normalized spacial score (nSPS) is 27.5. The van der Waals surface area contributed by atoms with E-state index in [-0.39, 0.29) is 53.9 Å². The number of anilines is 1. The van der Waals surface area contributed by atoms with Crippen LogP contribution < -0.4 is 15.4 Å². The molecule has 0 saturated carbocycles. The van der Waals surface area contributed by atoms with E-state index in [4.69, 9.17) is 42.6 Å². The van der Waals surface area contributed by atoms with Gasteiger partial charge >= 0.3 is 5.97 Å². The van der Waals surface area contributed by atoms with E-state index in [0.717, 1.165) is 5.57 Å². The van der Waals surface area contributed by atoms with Crippen LogP contribution in [-0.4, -0.2) is 128 Å². The van der Waals surface area contributed by atoms with E-state index in [1.54, 1.807) is 31.2 Å². The van der Waals surface area contributed by atoms with Crippen molar-refractivity contribution < 1.29 is 77.4 Å². The molecule has 4 heterocycles. The van der Waals surface area contributed by atoms with E-state index >= 15 is 0 Å². The zero-order valence-corrected chi connectivity index (χ0v) is 34.9. The fourth-order valence-electron chi connectivity index (χ4n) is 8.33. The Morgan fingerprint density at radius 1 is 0.952 bits per heavy atom. The van der Waals surface area contributed by atoms with Gasteiger partial charge in [-0.15, -0.1) is 6.58 Å². The molecule has 0 bridgehead atoms. The van der Waals surface area contributed by atoms with Crippen LogP contribution in [0.5, 0.6) is 23.0 Å². The summed E-state index contributed by atoms with van der Waals surface area (Å²) < 4.78 is 53.3. The van der Waals surface area contributed by atoms with Gasteiger partial charge in [0.2, 0.25) is 5.91 Å². The molecule has 2 fully saturated rings. The third kappa shape index (κ3) is 9.01. The number of hydrogen-bond acceptors (Lipinski definition) is 16. The third-order valence-corrected chi connectivity index (χ3v) is 11.3. The molecule has 18 heteroatoms. The Kier molecular flexibility index (Phi) is 13.5. The first-order valence-electron chi connectivity index (χ1n) is 20.2. The van der Waals surface area contributed by atoms with Gasteiger partial charge in [-0.25, -0.2) is 4.79 Å². The molecule has 2 amide bonds. The fourth-order valence-corrected chi connectivity index (χ4v) is 8.33. The van der Waals surface area contributed by atoms with E-state index in [2.05, 4.69) is 17.2 Å². The molecule has 6 N–H and O–H groups in total. The molecule has 0 aliphatic carbocycles. The summed E-state index contributed by atoms with van der Waals surface area (Å²) in [5.74, 6) is -2.09. The van der Waals surface area contributed by atoms with Gasteiger partial charge in [-0.3, -0.25) is 9.59 Å². The van der Waals surface area contributed by atoms with Gasteiger partial charge in [0.1, 0.15) is 35.1 Å². The molecule has 10 unspecified atom stereocenters. The van der Waals surface area contributed by atoms with Gasteiger partial charge in [0.25, 0.3) is 5.91 Å². The summed E-state index contributed by atoms with van der Waals surface area (Å²) in [5.41, 5.74) is 1.05. The summed E-state index contributed by atoms with van der Waals surface area (Å²) in [7, 11) is 2.73. The summed E-state index contributed by atoms with van der Waals surface area (Å²) in [5, 5.41) is 47.8. The number of carbonyl (C=O) groups excluding carboxylic acids is 3. The van der Waals surface area contributed by atoms with Crippen LogP contribution in [0.1, 0.15) is 60.7 Å². The summed E-state index contributed by atoms with van der Waals surface area (Å²) >= 11 is 0. The number of rotatable bonds is 15. The molecule has 4 aliphatic rings. The number of benzene rings is 3. The second kappa shape index (κ2) is 18.7. The Bertz CT molecular complexity index is 2110. The Labute approximate surface area is 357 Å². The fraction of sp³-hybridized carbons (Fsp3) is 0.477. The number of aliphatic hydroxyl groups is 2. The van der Waals surface area contributed by atoms with Gasteiger partial charge in [0.15, 0.2) is 30.6 Å². The van der Waals surface area contributed by atoms with Crippen molar-refractivity contribution in [3.05, 3.63) is 89.0 Å². The number of nitrogens with one attached hydrogen (secondary N) is 2. The highest BCUT2D eigenvalue weighted by molar-refractivity contribution is 6.00. The molecule has 18 nitrogen and oxygen atoms in total. The smallest absolute Gasteiger partial charge is 0.340 e. The highest BCUT2D eigenvalue weighted by Crippen LogP contribution is 2.57. The van der Waals surface area contributed by atoms with Crippen molar-refractivity contribution in [3.63, 3.8) is 0 Å². The maximum Gasteiger partial charge on any atom is 0.340 e. The molecule has 2 saturated heterocycles. The van der Waals surface area contributed by atoms with Crippen LogP contribution in [0.15, 0.2) is 66.7 Å². The topological polar surface area (TPSA) is 239 Å². The number of aromatic hydroxyl groups is 2. The highest BCUT2D eigenvalue weighted by Gasteiger charge is 2.54. The Hall–Kier alpha value is -5.15. The van der Waals surface area contributed by atoms with Crippen LogP contribution in [0, 0.1) is 5.92 Å². The maximum absolute atomic E-state index is 14.1. The molecule has 0 radical (unpaired) electrons. The molecular formula is C44H52N2O16. The summed E-state index contributed by atoms with van der Waals surface area (Å²) in [6.07, 6.45) is -8.37. The Morgan fingerprint density at radius 2 is 1.63 bits per heavy atom. The molecule has 3 aromatic rings. The number of ether oxygens (including phenoxy) is 9. The lowest BCUT2D eigenvalue weighted by atomic mass is 9.77. The van der Waals surface area contributed by atoms with Crippen LogP contribution in [-0.2, 0) is 53.1 Å². The number of amides is 2. The van der Waals surface area contributed by atoms with Crippen molar-refractivity contribution in [2.45, 2.75) is 94.6 Å². The molecular weight excluding hydrogens is 812 g/mol. The summed E-state index contributed by atoms with van der Waals surface area (Å²) in [6.45, 7) is 9.02. The van der Waals surface area contributed by atoms with Gasteiger partial charge in [0.05, 0.1) is 43.7 Å². The van der Waals surface area contributed by atoms with Crippen molar-refractivity contribution in [2.75, 3.05) is 39.4 Å². The second-order valence-electron chi connectivity index (χ2n) is 15.8. The number of phenols is 2. The largest absolute Gasteiger partial charge is 0.508 e. The number of hydrogen-bond donors (Lipinski definition) is 6. The van der Waals surface area contributed by atoms with Crippen LogP contribution in [0.2, 0.25) is 0 Å². The van der Waals surface area contributed by atoms with Crippen LogP contribution >= 0.6 is 0 Å². The number of aliphatic hydroxyl groups excluding tert-OH is 2. The predicted molar refractivity (Wildman–Crippen MR) is 216 cm³/mol. The quantitative estimate of drug-likeness (QED) is 0.0556. The first-order chi connectivity index (χ1) is 29.6. The van der Waals surface area contributed by atoms with Crippen molar-refractivity contribution in [1.82, 2.24) is 5.32 Å². The monoisotopic (exact) mass is 864 g/mol. The number of carbonyl (C=O) groups is 3. The van der Waals surface area contributed by atoms with Crippen LogP contribution in [0.3, 0.4) is 0 Å². The first-order valence-corrected chi connectivity index (χ1v) is 20.2.